The highest BCUT2D eigenvalue weighted by atomic mass is 16.5. The second kappa shape index (κ2) is 3.93. The minimum Gasteiger partial charge on any atom is -0.489 e. The summed E-state index contributed by atoms with van der Waals surface area (Å²) in [6, 6.07) is 13.0. The van der Waals surface area contributed by atoms with Crippen LogP contribution in [-0.4, -0.2) is 11.8 Å². The summed E-state index contributed by atoms with van der Waals surface area (Å²) < 4.78 is 5.78. The van der Waals surface area contributed by atoms with Crippen LogP contribution in [-0.2, 0) is 11.4 Å². The lowest BCUT2D eigenvalue weighted by molar-refractivity contribution is -0.121. The summed E-state index contributed by atoms with van der Waals surface area (Å²) in [6.07, 6.45) is 0. The first-order valence-corrected chi connectivity index (χ1v) is 6.44. The van der Waals surface area contributed by atoms with Gasteiger partial charge in [0.25, 0.3) is 5.91 Å². The summed E-state index contributed by atoms with van der Waals surface area (Å²) in [5.74, 6) is -0.392. The molecule has 4 heteroatoms. The van der Waals surface area contributed by atoms with E-state index in [4.69, 9.17) is 4.74 Å². The van der Waals surface area contributed by atoms with Gasteiger partial charge in [-0.2, -0.15) is 0 Å². The van der Waals surface area contributed by atoms with E-state index in [1.165, 1.54) is 0 Å². The predicted molar refractivity (Wildman–Crippen MR) is 71.5 cm³/mol. The van der Waals surface area contributed by atoms with E-state index in [1.54, 1.807) is 6.07 Å². The SMILES string of the molecule is O=C1NC(=O)C2c3ccccc3OCc3cccc1c32. The second-order valence-corrected chi connectivity index (χ2v) is 4.96. The average molecular weight is 265 g/mol. The molecule has 1 atom stereocenters. The third-order valence-corrected chi connectivity index (χ3v) is 3.84. The van der Waals surface area contributed by atoms with Crippen LogP contribution in [0.4, 0.5) is 0 Å². The number of nitrogens with one attached hydrogen (secondary N) is 1. The molecule has 2 amide bonds. The van der Waals surface area contributed by atoms with Crippen molar-refractivity contribution in [1.82, 2.24) is 5.32 Å². The number of para-hydroxylation sites is 1. The van der Waals surface area contributed by atoms with Crippen LogP contribution in [0.3, 0.4) is 0 Å². The van der Waals surface area contributed by atoms with Crippen LogP contribution in [0.1, 0.15) is 33.0 Å². The smallest absolute Gasteiger partial charge is 0.258 e. The standard InChI is InChI=1S/C16H11NO3/c18-15-11-6-3-4-9-8-20-12-7-2-1-5-10(12)14(13(9)11)16(19)17-15/h1-7,14H,8H2,(H,17,18,19). The Bertz CT molecular complexity index is 751. The number of rotatable bonds is 0. The lowest BCUT2D eigenvalue weighted by atomic mass is 9.82. The van der Waals surface area contributed by atoms with Crippen molar-refractivity contribution >= 4 is 11.8 Å². The van der Waals surface area contributed by atoms with E-state index in [0.717, 1.165) is 16.7 Å². The Hall–Kier alpha value is -2.62. The summed E-state index contributed by atoms with van der Waals surface area (Å²) in [4.78, 5) is 24.3. The highest BCUT2D eigenvalue weighted by Gasteiger charge is 2.38. The molecule has 0 saturated heterocycles. The third-order valence-electron chi connectivity index (χ3n) is 3.84. The maximum absolute atomic E-state index is 12.3. The van der Waals surface area contributed by atoms with Crippen molar-refractivity contribution in [1.29, 1.82) is 0 Å². The molecule has 4 nitrogen and oxygen atoms in total. The van der Waals surface area contributed by atoms with Crippen molar-refractivity contribution in [3.63, 3.8) is 0 Å². The minimum absolute atomic E-state index is 0.284. The van der Waals surface area contributed by atoms with Gasteiger partial charge in [-0.15, -0.1) is 0 Å². The van der Waals surface area contributed by atoms with Crippen molar-refractivity contribution in [2.75, 3.05) is 0 Å². The van der Waals surface area contributed by atoms with Crippen LogP contribution >= 0.6 is 0 Å². The molecular weight excluding hydrogens is 254 g/mol. The van der Waals surface area contributed by atoms with Gasteiger partial charge in [-0.3, -0.25) is 14.9 Å². The van der Waals surface area contributed by atoms with E-state index in [9.17, 15) is 9.59 Å². The molecule has 0 radical (unpaired) electrons. The maximum Gasteiger partial charge on any atom is 0.258 e. The molecule has 98 valence electrons. The van der Waals surface area contributed by atoms with Crippen LogP contribution in [0.5, 0.6) is 5.75 Å². The number of imide groups is 1. The molecule has 2 aliphatic heterocycles. The Balaban J connectivity index is 2.06. The van der Waals surface area contributed by atoms with E-state index >= 15 is 0 Å². The summed E-state index contributed by atoms with van der Waals surface area (Å²) >= 11 is 0. The number of benzene rings is 2. The number of hydrogen-bond donors (Lipinski definition) is 1. The highest BCUT2D eigenvalue weighted by molar-refractivity contribution is 6.13. The van der Waals surface area contributed by atoms with Gasteiger partial charge in [0, 0.05) is 11.1 Å². The van der Waals surface area contributed by atoms with Crippen molar-refractivity contribution < 1.29 is 14.3 Å². The zero-order valence-corrected chi connectivity index (χ0v) is 10.6. The molecule has 4 rings (SSSR count). The fourth-order valence-electron chi connectivity index (χ4n) is 2.96. The Kier molecular flexibility index (Phi) is 2.21. The number of fused-ring (bicyclic) bond motifs is 2. The zero-order chi connectivity index (χ0) is 13.7. The largest absolute Gasteiger partial charge is 0.489 e. The summed E-state index contributed by atoms with van der Waals surface area (Å²) in [5.41, 5.74) is 3.05. The van der Waals surface area contributed by atoms with E-state index in [0.29, 0.717) is 17.9 Å². The van der Waals surface area contributed by atoms with Crippen LogP contribution in [0.2, 0.25) is 0 Å². The Labute approximate surface area is 115 Å². The summed E-state index contributed by atoms with van der Waals surface area (Å²) in [6.45, 7) is 0.372. The van der Waals surface area contributed by atoms with Crippen molar-refractivity contribution in [3.05, 3.63) is 64.7 Å². The molecule has 0 aromatic heterocycles. The molecule has 1 unspecified atom stereocenters. The van der Waals surface area contributed by atoms with Gasteiger partial charge in [0.15, 0.2) is 0 Å². The van der Waals surface area contributed by atoms with Gasteiger partial charge in [0.05, 0.1) is 5.92 Å². The van der Waals surface area contributed by atoms with Gasteiger partial charge in [0.1, 0.15) is 12.4 Å². The fraction of sp³-hybridized carbons (Fsp3) is 0.125. The van der Waals surface area contributed by atoms with Gasteiger partial charge >= 0.3 is 0 Å². The third kappa shape index (κ3) is 1.42. The van der Waals surface area contributed by atoms with E-state index < -0.39 is 5.92 Å². The zero-order valence-electron chi connectivity index (χ0n) is 10.6. The molecule has 2 aromatic carbocycles. The quantitative estimate of drug-likeness (QED) is 0.741. The Morgan fingerprint density at radius 2 is 1.90 bits per heavy atom. The number of ether oxygens (including phenoxy) is 1. The van der Waals surface area contributed by atoms with Gasteiger partial charge in [-0.1, -0.05) is 30.3 Å². The molecule has 1 N–H and O–H groups in total. The Morgan fingerprint density at radius 1 is 1.05 bits per heavy atom. The number of hydrogen-bond acceptors (Lipinski definition) is 3. The van der Waals surface area contributed by atoms with Crippen molar-refractivity contribution in [2.24, 2.45) is 0 Å². The first-order valence-electron chi connectivity index (χ1n) is 6.44. The monoisotopic (exact) mass is 265 g/mol. The fourth-order valence-corrected chi connectivity index (χ4v) is 2.96. The number of carbonyl (C=O) groups is 2. The van der Waals surface area contributed by atoms with Gasteiger partial charge in [-0.25, -0.2) is 0 Å². The van der Waals surface area contributed by atoms with E-state index in [-0.39, 0.29) is 11.8 Å². The number of carbonyl (C=O) groups excluding carboxylic acids is 2. The molecule has 0 fully saturated rings. The van der Waals surface area contributed by atoms with Gasteiger partial charge in [-0.05, 0) is 23.3 Å². The molecule has 0 aliphatic carbocycles. The lowest BCUT2D eigenvalue weighted by Gasteiger charge is -2.25. The van der Waals surface area contributed by atoms with Crippen LogP contribution in [0, 0.1) is 0 Å². The van der Waals surface area contributed by atoms with Crippen molar-refractivity contribution in [2.45, 2.75) is 12.5 Å². The first-order chi connectivity index (χ1) is 9.75. The molecule has 2 aliphatic rings. The molecular formula is C16H11NO3. The van der Waals surface area contributed by atoms with E-state index in [1.807, 2.05) is 36.4 Å². The number of amides is 2. The Morgan fingerprint density at radius 3 is 2.80 bits per heavy atom. The molecule has 0 spiro atoms. The van der Waals surface area contributed by atoms with Crippen LogP contribution < -0.4 is 10.1 Å². The molecule has 20 heavy (non-hydrogen) atoms. The van der Waals surface area contributed by atoms with E-state index in [2.05, 4.69) is 5.32 Å². The highest BCUT2D eigenvalue weighted by Crippen LogP contribution is 2.40. The molecule has 0 bridgehead atoms. The second-order valence-electron chi connectivity index (χ2n) is 4.96. The molecule has 0 saturated carbocycles. The molecule has 2 aromatic rings. The lowest BCUT2D eigenvalue weighted by Crippen LogP contribution is -2.41. The maximum atomic E-state index is 12.3. The minimum atomic E-state index is -0.474. The first kappa shape index (κ1) is 11.2. The molecule has 2 heterocycles. The summed E-state index contributed by atoms with van der Waals surface area (Å²) in [5, 5.41) is 2.43. The predicted octanol–water partition coefficient (Wildman–Crippen LogP) is 1.98. The van der Waals surface area contributed by atoms with Gasteiger partial charge in [0.2, 0.25) is 5.91 Å². The van der Waals surface area contributed by atoms with Crippen LogP contribution in [0.25, 0.3) is 0 Å². The topological polar surface area (TPSA) is 55.4 Å². The van der Waals surface area contributed by atoms with Crippen molar-refractivity contribution in [3.8, 4) is 5.75 Å². The normalized spacial score (nSPS) is 19.3. The van der Waals surface area contributed by atoms with Crippen LogP contribution in [0.15, 0.2) is 42.5 Å². The average Bonchev–Trinajstić information content (AvgIpc) is 2.62. The van der Waals surface area contributed by atoms with Gasteiger partial charge < -0.3 is 4.74 Å². The summed E-state index contributed by atoms with van der Waals surface area (Å²) in [7, 11) is 0.